The second-order valence-corrected chi connectivity index (χ2v) is 5.46. The van der Waals surface area contributed by atoms with Crippen LogP contribution in [0.3, 0.4) is 0 Å². The number of alkyl halides is 1. The van der Waals surface area contributed by atoms with Gasteiger partial charge in [0, 0.05) is 17.5 Å². The van der Waals surface area contributed by atoms with Gasteiger partial charge >= 0.3 is 0 Å². The average Bonchev–Trinajstić information content (AvgIpc) is 2.27. The standard InChI is InChI=1S/C12H14ClNO3/c1-12(13)6-7-17-11(8-12)9-4-2-3-5-10(9)14(15)16/h2-5,11H,6-8H2,1H3. The Labute approximate surface area is 105 Å². The molecule has 0 spiro atoms. The van der Waals surface area contributed by atoms with Gasteiger partial charge in [-0.2, -0.15) is 0 Å². The second-order valence-electron chi connectivity index (χ2n) is 4.54. The van der Waals surface area contributed by atoms with Gasteiger partial charge < -0.3 is 4.74 Å². The van der Waals surface area contributed by atoms with Crippen LogP contribution in [0.4, 0.5) is 5.69 Å². The van der Waals surface area contributed by atoms with Crippen molar-refractivity contribution in [1.29, 1.82) is 0 Å². The van der Waals surface area contributed by atoms with Crippen LogP contribution >= 0.6 is 11.6 Å². The third kappa shape index (κ3) is 2.76. The normalized spacial score (nSPS) is 28.9. The van der Waals surface area contributed by atoms with Crippen molar-refractivity contribution in [1.82, 2.24) is 0 Å². The van der Waals surface area contributed by atoms with E-state index in [-0.39, 0.29) is 21.6 Å². The molecule has 0 saturated carbocycles. The number of benzene rings is 1. The topological polar surface area (TPSA) is 52.4 Å². The largest absolute Gasteiger partial charge is 0.373 e. The molecule has 0 aliphatic carbocycles. The molecule has 92 valence electrons. The molecule has 0 amide bonds. The first kappa shape index (κ1) is 12.3. The molecular weight excluding hydrogens is 242 g/mol. The molecule has 0 radical (unpaired) electrons. The van der Waals surface area contributed by atoms with Crippen molar-refractivity contribution < 1.29 is 9.66 Å². The Hall–Kier alpha value is -1.13. The van der Waals surface area contributed by atoms with Crippen LogP contribution in [0.5, 0.6) is 0 Å². The van der Waals surface area contributed by atoms with Crippen molar-refractivity contribution in [3.63, 3.8) is 0 Å². The number of hydrogen-bond donors (Lipinski definition) is 0. The van der Waals surface area contributed by atoms with E-state index in [9.17, 15) is 10.1 Å². The summed E-state index contributed by atoms with van der Waals surface area (Å²) in [7, 11) is 0. The number of halogens is 1. The molecule has 1 aromatic rings. The first-order valence-electron chi connectivity index (χ1n) is 5.53. The highest BCUT2D eigenvalue weighted by molar-refractivity contribution is 6.23. The molecule has 2 unspecified atom stereocenters. The van der Waals surface area contributed by atoms with E-state index in [2.05, 4.69) is 0 Å². The highest BCUT2D eigenvalue weighted by Gasteiger charge is 2.34. The van der Waals surface area contributed by atoms with Gasteiger partial charge in [-0.15, -0.1) is 11.6 Å². The lowest BCUT2D eigenvalue weighted by Gasteiger charge is -2.33. The molecule has 1 aliphatic rings. The molecule has 5 heteroatoms. The molecule has 2 atom stereocenters. The smallest absolute Gasteiger partial charge is 0.275 e. The molecule has 1 aliphatic heterocycles. The van der Waals surface area contributed by atoms with Crippen molar-refractivity contribution in [2.45, 2.75) is 30.7 Å². The molecular formula is C12H14ClNO3. The van der Waals surface area contributed by atoms with Crippen molar-refractivity contribution in [2.24, 2.45) is 0 Å². The third-order valence-electron chi connectivity index (χ3n) is 3.03. The first-order chi connectivity index (χ1) is 7.99. The van der Waals surface area contributed by atoms with Crippen molar-refractivity contribution in [3.05, 3.63) is 39.9 Å². The van der Waals surface area contributed by atoms with Crippen molar-refractivity contribution >= 4 is 17.3 Å². The van der Waals surface area contributed by atoms with Gasteiger partial charge in [-0.05, 0) is 25.8 Å². The quantitative estimate of drug-likeness (QED) is 0.462. The number of nitro benzene ring substituents is 1. The number of rotatable bonds is 2. The van der Waals surface area contributed by atoms with Crippen LogP contribution in [0, 0.1) is 10.1 Å². The third-order valence-corrected chi connectivity index (χ3v) is 3.38. The number of hydrogen-bond acceptors (Lipinski definition) is 3. The molecule has 0 N–H and O–H groups in total. The zero-order valence-electron chi connectivity index (χ0n) is 9.56. The highest BCUT2D eigenvalue weighted by Crippen LogP contribution is 2.40. The second kappa shape index (κ2) is 4.63. The van der Waals surface area contributed by atoms with E-state index in [1.54, 1.807) is 18.2 Å². The monoisotopic (exact) mass is 255 g/mol. The molecule has 17 heavy (non-hydrogen) atoms. The van der Waals surface area contributed by atoms with Crippen LogP contribution in [-0.4, -0.2) is 16.4 Å². The molecule has 4 nitrogen and oxygen atoms in total. The predicted octanol–water partition coefficient (Wildman–Crippen LogP) is 3.44. The summed E-state index contributed by atoms with van der Waals surface area (Å²) in [4.78, 5) is 10.2. The van der Waals surface area contributed by atoms with Crippen molar-refractivity contribution in [2.75, 3.05) is 6.61 Å². The lowest BCUT2D eigenvalue weighted by Crippen LogP contribution is -2.29. The number of para-hydroxylation sites is 1. The van der Waals surface area contributed by atoms with Gasteiger partial charge in [0.05, 0.1) is 16.6 Å². The van der Waals surface area contributed by atoms with E-state index in [4.69, 9.17) is 16.3 Å². The van der Waals surface area contributed by atoms with E-state index < -0.39 is 0 Å². The Morgan fingerprint density at radius 3 is 2.88 bits per heavy atom. The Morgan fingerprint density at radius 2 is 2.24 bits per heavy atom. The van der Waals surface area contributed by atoms with Crippen LogP contribution in [-0.2, 0) is 4.74 Å². The SMILES string of the molecule is CC1(Cl)CCOC(c2ccccc2[N+](=O)[O-])C1. The Kier molecular flexibility index (Phi) is 3.35. The van der Waals surface area contributed by atoms with Crippen LogP contribution in [0.15, 0.2) is 24.3 Å². The Bertz CT molecular complexity index is 434. The number of ether oxygens (including phenoxy) is 1. The summed E-state index contributed by atoms with van der Waals surface area (Å²) in [6, 6.07) is 6.68. The fraction of sp³-hybridized carbons (Fsp3) is 0.500. The molecule has 1 fully saturated rings. The van der Waals surface area contributed by atoms with Gasteiger partial charge in [-0.1, -0.05) is 12.1 Å². The van der Waals surface area contributed by atoms with Gasteiger partial charge in [-0.3, -0.25) is 10.1 Å². The van der Waals surface area contributed by atoms with Crippen LogP contribution in [0.1, 0.15) is 31.4 Å². The summed E-state index contributed by atoms with van der Waals surface area (Å²) in [6.07, 6.45) is 1.08. The molecule has 0 aromatic heterocycles. The average molecular weight is 256 g/mol. The van der Waals surface area contributed by atoms with Crippen molar-refractivity contribution in [3.8, 4) is 0 Å². The number of nitro groups is 1. The summed E-state index contributed by atoms with van der Waals surface area (Å²) in [6.45, 7) is 2.48. The fourth-order valence-electron chi connectivity index (χ4n) is 2.09. The summed E-state index contributed by atoms with van der Waals surface area (Å²) >= 11 is 6.30. The fourth-order valence-corrected chi connectivity index (χ4v) is 2.30. The van der Waals surface area contributed by atoms with Crippen LogP contribution in [0.25, 0.3) is 0 Å². The van der Waals surface area contributed by atoms with E-state index >= 15 is 0 Å². The molecule has 0 bridgehead atoms. The van der Waals surface area contributed by atoms with Gasteiger partial charge in [0.15, 0.2) is 0 Å². The lowest BCUT2D eigenvalue weighted by atomic mass is 9.92. The molecule has 2 rings (SSSR count). The zero-order valence-corrected chi connectivity index (χ0v) is 10.3. The van der Waals surface area contributed by atoms with Gasteiger partial charge in [-0.25, -0.2) is 0 Å². The van der Waals surface area contributed by atoms with Crippen LogP contribution < -0.4 is 0 Å². The summed E-state index contributed by atoms with van der Waals surface area (Å²) in [5.74, 6) is 0. The zero-order chi connectivity index (χ0) is 12.5. The molecule has 1 heterocycles. The summed E-state index contributed by atoms with van der Waals surface area (Å²) in [5.41, 5.74) is 0.718. The van der Waals surface area contributed by atoms with Crippen LogP contribution in [0.2, 0.25) is 0 Å². The minimum absolute atomic E-state index is 0.104. The Morgan fingerprint density at radius 1 is 1.53 bits per heavy atom. The molecule has 1 saturated heterocycles. The summed E-state index contributed by atoms with van der Waals surface area (Å²) in [5, 5.41) is 10.9. The predicted molar refractivity (Wildman–Crippen MR) is 65.3 cm³/mol. The van der Waals surface area contributed by atoms with Gasteiger partial charge in [0.2, 0.25) is 0 Å². The van der Waals surface area contributed by atoms with E-state index in [1.807, 2.05) is 6.92 Å². The maximum absolute atomic E-state index is 10.9. The lowest BCUT2D eigenvalue weighted by molar-refractivity contribution is -0.386. The Balaban J connectivity index is 2.30. The first-order valence-corrected chi connectivity index (χ1v) is 5.91. The number of nitrogens with zero attached hydrogens (tertiary/aromatic N) is 1. The maximum atomic E-state index is 10.9. The van der Waals surface area contributed by atoms with Gasteiger partial charge in [0.25, 0.3) is 5.69 Å². The van der Waals surface area contributed by atoms with Gasteiger partial charge in [0.1, 0.15) is 0 Å². The molecule has 1 aromatic carbocycles. The van der Waals surface area contributed by atoms with E-state index in [1.165, 1.54) is 6.07 Å². The maximum Gasteiger partial charge on any atom is 0.275 e. The highest BCUT2D eigenvalue weighted by atomic mass is 35.5. The van der Waals surface area contributed by atoms with E-state index in [0.29, 0.717) is 18.6 Å². The minimum atomic E-state index is -0.376. The minimum Gasteiger partial charge on any atom is -0.373 e. The van der Waals surface area contributed by atoms with E-state index in [0.717, 1.165) is 6.42 Å². The summed E-state index contributed by atoms with van der Waals surface area (Å²) < 4.78 is 5.60.